The number of hydrogen-bond acceptors (Lipinski definition) is 9. The summed E-state index contributed by atoms with van der Waals surface area (Å²) in [6.45, 7) is 9.57. The van der Waals surface area contributed by atoms with Crippen molar-refractivity contribution >= 4 is 40.2 Å². The van der Waals surface area contributed by atoms with E-state index in [4.69, 9.17) is 4.74 Å². The SMILES string of the molecule is C=CCOCc1cc(-c2cnc(C)nc2)cc2c(C(C)=O)nn(CC(=O)N3[C@H](C(=O)Nc4nc(C(F)(F)F)ccc4C)C[C@@]4(CNC(=O)C(F)(F)C=CCCCCC)C[C@@H]34)c12. The van der Waals surface area contributed by atoms with Gasteiger partial charge in [-0.1, -0.05) is 38.0 Å². The molecule has 4 aromatic rings. The molecule has 1 aliphatic heterocycles. The molecule has 1 saturated carbocycles. The molecule has 61 heavy (non-hydrogen) atoms. The van der Waals surface area contributed by atoms with Gasteiger partial charge in [-0.15, -0.1) is 6.58 Å². The summed E-state index contributed by atoms with van der Waals surface area (Å²) in [6, 6.07) is 3.42. The fourth-order valence-electron chi connectivity index (χ4n) is 7.73. The van der Waals surface area contributed by atoms with Gasteiger partial charge in [-0.05, 0) is 74.9 Å². The number of piperidine rings is 1. The van der Waals surface area contributed by atoms with Gasteiger partial charge in [0.05, 0.1) is 18.7 Å². The number of nitrogens with one attached hydrogen (secondary N) is 2. The van der Waals surface area contributed by atoms with E-state index in [2.05, 4.69) is 37.3 Å². The summed E-state index contributed by atoms with van der Waals surface area (Å²) in [5.41, 5.74) is 0.255. The number of hydrogen-bond donors (Lipinski definition) is 2. The molecule has 0 bridgehead atoms. The van der Waals surface area contributed by atoms with Crippen molar-refractivity contribution in [3.05, 3.63) is 89.8 Å². The molecule has 13 nitrogen and oxygen atoms in total. The standard InChI is InChI=1S/C43H47F5N8O5/c1-6-8-9-10-11-14-42(44,45)40(60)51-24-41-18-32(39(59)53-38-25(3)12-13-33(52-38)43(46,47)48)56(34(41)19-41)35(58)22-55-37-29(23-61-15-7-2)16-28(30-20-49-27(5)50-21-30)17-31(37)36(54-55)26(4)57/h7,11-14,16-17,20-21,32,34H,2,6,8-10,15,18-19,22-24H2,1,3-5H3,(H,51,60)(H,52,53,59)/t32-,34+,41-/m0/s1. The van der Waals surface area contributed by atoms with Gasteiger partial charge in [0.1, 0.15) is 35.6 Å². The third-order valence-corrected chi connectivity index (χ3v) is 11.0. The van der Waals surface area contributed by atoms with Gasteiger partial charge in [0.25, 0.3) is 5.91 Å². The Labute approximate surface area is 348 Å². The normalized spacial score (nSPS) is 18.7. The molecular weight excluding hydrogens is 804 g/mol. The van der Waals surface area contributed by atoms with E-state index < -0.39 is 65.3 Å². The Bertz CT molecular complexity index is 2360. The molecule has 3 aromatic heterocycles. The number of Topliss-reactive ketones (excluding diaryl/α,β-unsaturated/α-hetero) is 1. The van der Waals surface area contributed by atoms with Crippen LogP contribution in [0.25, 0.3) is 22.0 Å². The van der Waals surface area contributed by atoms with E-state index in [-0.39, 0.29) is 49.7 Å². The molecule has 1 saturated heterocycles. The third-order valence-electron chi connectivity index (χ3n) is 11.0. The van der Waals surface area contributed by atoms with Crippen LogP contribution < -0.4 is 10.6 Å². The molecule has 2 aliphatic rings. The van der Waals surface area contributed by atoms with E-state index in [1.165, 1.54) is 29.5 Å². The second-order valence-corrected chi connectivity index (χ2v) is 15.6. The zero-order chi connectivity index (χ0) is 44.3. The lowest BCUT2D eigenvalue weighted by atomic mass is 9.98. The Morgan fingerprint density at radius 1 is 1.03 bits per heavy atom. The molecule has 18 heteroatoms. The molecule has 2 fully saturated rings. The number of pyridine rings is 1. The molecule has 4 heterocycles. The number of halogens is 5. The van der Waals surface area contributed by atoms with Gasteiger partial charge in [0.2, 0.25) is 11.8 Å². The summed E-state index contributed by atoms with van der Waals surface area (Å²) in [5, 5.41) is 9.72. The maximum Gasteiger partial charge on any atom is 0.433 e. The lowest BCUT2D eigenvalue weighted by Gasteiger charge is -2.27. The number of benzene rings is 1. The van der Waals surface area contributed by atoms with Gasteiger partial charge in [0, 0.05) is 53.8 Å². The molecule has 324 valence electrons. The van der Waals surface area contributed by atoms with Gasteiger partial charge < -0.3 is 20.3 Å². The van der Waals surface area contributed by atoms with Crippen molar-refractivity contribution in [1.29, 1.82) is 0 Å². The van der Waals surface area contributed by atoms with Crippen LogP contribution in [0.15, 0.2) is 61.5 Å². The maximum atomic E-state index is 14.9. The number of aryl methyl sites for hydroxylation is 2. The molecular formula is C43H47F5N8O5. The van der Waals surface area contributed by atoms with E-state index in [1.807, 2.05) is 6.92 Å². The van der Waals surface area contributed by atoms with Crippen LogP contribution in [-0.4, -0.2) is 84.3 Å². The van der Waals surface area contributed by atoms with E-state index in [9.17, 15) is 41.1 Å². The predicted octanol–water partition coefficient (Wildman–Crippen LogP) is 7.32. The van der Waals surface area contributed by atoms with Crippen LogP contribution in [0.4, 0.5) is 27.8 Å². The van der Waals surface area contributed by atoms with Gasteiger partial charge >= 0.3 is 12.1 Å². The third kappa shape index (κ3) is 9.85. The lowest BCUT2D eigenvalue weighted by molar-refractivity contribution is -0.141. The largest absolute Gasteiger partial charge is 0.433 e. The molecule has 1 aromatic carbocycles. The molecule has 3 amide bonds. The number of carbonyl (C=O) groups is 4. The van der Waals surface area contributed by atoms with Gasteiger partial charge in [-0.25, -0.2) is 15.0 Å². The minimum absolute atomic E-state index is 0.0163. The van der Waals surface area contributed by atoms with Gasteiger partial charge in [-0.3, -0.25) is 23.9 Å². The second kappa shape index (κ2) is 18.0. The average molecular weight is 851 g/mol. The first-order valence-corrected chi connectivity index (χ1v) is 19.9. The molecule has 1 aliphatic carbocycles. The summed E-state index contributed by atoms with van der Waals surface area (Å²) in [7, 11) is 0. The van der Waals surface area contributed by atoms with Crippen molar-refractivity contribution in [2.24, 2.45) is 5.41 Å². The molecule has 0 spiro atoms. The predicted molar refractivity (Wildman–Crippen MR) is 215 cm³/mol. The van der Waals surface area contributed by atoms with E-state index >= 15 is 0 Å². The zero-order valence-corrected chi connectivity index (χ0v) is 34.2. The van der Waals surface area contributed by atoms with Crippen molar-refractivity contribution in [2.75, 3.05) is 18.5 Å². The van der Waals surface area contributed by atoms with Crippen LogP contribution in [0.3, 0.4) is 0 Å². The Kier molecular flexibility index (Phi) is 13.2. The van der Waals surface area contributed by atoms with Crippen molar-refractivity contribution < 1.29 is 45.9 Å². The summed E-state index contributed by atoms with van der Waals surface area (Å²) in [5.74, 6) is -7.10. The Morgan fingerprint density at radius 3 is 2.44 bits per heavy atom. The van der Waals surface area contributed by atoms with Gasteiger partial charge in [0.15, 0.2) is 5.78 Å². The van der Waals surface area contributed by atoms with Crippen molar-refractivity contribution in [2.45, 2.75) is 104 Å². The highest BCUT2D eigenvalue weighted by Gasteiger charge is 2.67. The number of rotatable bonds is 18. The number of ketones is 1. The van der Waals surface area contributed by atoms with Crippen LogP contribution >= 0.6 is 0 Å². The maximum absolute atomic E-state index is 14.9. The lowest BCUT2D eigenvalue weighted by Crippen LogP contribution is -2.47. The molecule has 0 radical (unpaired) electrons. The molecule has 6 rings (SSSR count). The van der Waals surface area contributed by atoms with Crippen molar-refractivity contribution in [1.82, 2.24) is 34.9 Å². The van der Waals surface area contributed by atoms with Crippen LogP contribution in [-0.2, 0) is 38.4 Å². The summed E-state index contributed by atoms with van der Waals surface area (Å²) in [6.07, 6.45) is 4.78. The first-order valence-electron chi connectivity index (χ1n) is 19.9. The van der Waals surface area contributed by atoms with Crippen molar-refractivity contribution in [3.63, 3.8) is 0 Å². The van der Waals surface area contributed by atoms with E-state index in [0.717, 1.165) is 25.0 Å². The smallest absolute Gasteiger partial charge is 0.373 e. The summed E-state index contributed by atoms with van der Waals surface area (Å²) in [4.78, 5) is 67.9. The summed E-state index contributed by atoms with van der Waals surface area (Å²) < 4.78 is 77.7. The van der Waals surface area contributed by atoms with Gasteiger partial charge in [-0.2, -0.15) is 27.1 Å². The molecule has 3 atom stereocenters. The number of allylic oxidation sites excluding steroid dienone is 1. The number of carbonyl (C=O) groups excluding carboxylic acids is 4. The average Bonchev–Trinajstić information content (AvgIpc) is 3.62. The minimum atomic E-state index is -4.81. The van der Waals surface area contributed by atoms with E-state index in [0.29, 0.717) is 52.3 Å². The number of anilines is 1. The van der Waals surface area contributed by atoms with Crippen LogP contribution in [0.1, 0.15) is 85.5 Å². The quantitative estimate of drug-likeness (QED) is 0.0453. The first-order chi connectivity index (χ1) is 28.9. The number of ether oxygens (including phenoxy) is 1. The Hall–Kier alpha value is -5.91. The van der Waals surface area contributed by atoms with Crippen LogP contribution in [0.5, 0.6) is 0 Å². The summed E-state index contributed by atoms with van der Waals surface area (Å²) >= 11 is 0. The zero-order valence-electron chi connectivity index (χ0n) is 34.2. The highest BCUT2D eigenvalue weighted by molar-refractivity contribution is 6.07. The molecule has 2 N–H and O–H groups in total. The number of nitrogens with zero attached hydrogens (tertiary/aromatic N) is 6. The fourth-order valence-corrected chi connectivity index (χ4v) is 7.73. The minimum Gasteiger partial charge on any atom is -0.373 e. The highest BCUT2D eigenvalue weighted by atomic mass is 19.4. The number of fused-ring (bicyclic) bond motifs is 2. The highest BCUT2D eigenvalue weighted by Crippen LogP contribution is 2.59. The Balaban J connectivity index is 1.33. The first kappa shape index (κ1) is 44.6. The van der Waals surface area contributed by atoms with Crippen LogP contribution in [0, 0.1) is 19.3 Å². The van der Waals surface area contributed by atoms with Crippen molar-refractivity contribution in [3.8, 4) is 11.1 Å². The molecule has 0 unspecified atom stereocenters. The number of aromatic nitrogens is 5. The van der Waals surface area contributed by atoms with E-state index in [1.54, 1.807) is 37.5 Å². The number of alkyl halides is 5. The number of unbranched alkanes of at least 4 members (excludes halogenated alkanes) is 3. The topological polar surface area (TPSA) is 161 Å². The fraction of sp³-hybridized carbons (Fsp3) is 0.442. The van der Waals surface area contributed by atoms with Crippen LogP contribution in [0.2, 0.25) is 0 Å². The number of likely N-dealkylation sites (tertiary alicyclic amines) is 1. The monoisotopic (exact) mass is 850 g/mol. The number of amides is 3. The second-order valence-electron chi connectivity index (χ2n) is 15.6. The Morgan fingerprint density at radius 2 is 1.77 bits per heavy atom.